The summed E-state index contributed by atoms with van der Waals surface area (Å²) >= 11 is 5.50. The highest BCUT2D eigenvalue weighted by Gasteiger charge is 2.52. The lowest BCUT2D eigenvalue weighted by molar-refractivity contribution is -0.141. The van der Waals surface area contributed by atoms with Crippen molar-refractivity contribution in [3.63, 3.8) is 0 Å². The molecule has 1 aromatic heterocycles. The van der Waals surface area contributed by atoms with Gasteiger partial charge in [-0.15, -0.1) is 0 Å². The summed E-state index contributed by atoms with van der Waals surface area (Å²) in [5.74, 6) is -2.72. The standard InChI is InChI=1S/C37H46F4N6O6S/c1-22-18-25(47-34(54)46(33(50)36(47,6)7)26-12-11-24(19-42)28(29(26)38)37(39,40)41)20-43-31(22)53-15-9-14-51-16-17-52-21-27(48)44-30(35(3,4)5)32(49)45-13-8-10-23(45)2/h11-12,18,20,23,30H,8-10,13-17,21H2,1-7H3,(H,44,48). The zero-order valence-corrected chi connectivity index (χ0v) is 32.3. The van der Waals surface area contributed by atoms with Gasteiger partial charge in [-0.25, -0.2) is 9.37 Å². The number of pyridine rings is 1. The summed E-state index contributed by atoms with van der Waals surface area (Å²) in [5, 5.41) is 11.7. The van der Waals surface area contributed by atoms with E-state index in [1.54, 1.807) is 13.0 Å². The number of ether oxygens (including phenoxy) is 3. The van der Waals surface area contributed by atoms with Crippen LogP contribution in [-0.4, -0.2) is 89.9 Å². The van der Waals surface area contributed by atoms with Gasteiger partial charge < -0.3 is 29.3 Å². The number of likely N-dealkylation sites (tertiary alicyclic amines) is 1. The topological polar surface area (TPSA) is 137 Å². The van der Waals surface area contributed by atoms with E-state index >= 15 is 4.39 Å². The van der Waals surface area contributed by atoms with Crippen LogP contribution in [0.15, 0.2) is 24.4 Å². The number of benzene rings is 1. The van der Waals surface area contributed by atoms with E-state index in [4.69, 9.17) is 31.7 Å². The van der Waals surface area contributed by atoms with Crippen molar-refractivity contribution in [3.05, 3.63) is 46.9 Å². The number of thiocarbonyl (C=S) groups is 1. The van der Waals surface area contributed by atoms with Crippen LogP contribution in [0.25, 0.3) is 0 Å². The number of halogens is 4. The second-order valence-corrected chi connectivity index (χ2v) is 15.2. The maximum atomic E-state index is 15.3. The number of carbonyl (C=O) groups excluding carboxylic acids is 3. The lowest BCUT2D eigenvalue weighted by Gasteiger charge is -2.35. The van der Waals surface area contributed by atoms with Gasteiger partial charge in [-0.3, -0.25) is 19.3 Å². The monoisotopic (exact) mass is 778 g/mol. The number of aromatic nitrogens is 1. The van der Waals surface area contributed by atoms with E-state index in [0.717, 1.165) is 25.0 Å². The first kappa shape index (κ1) is 42.3. The largest absolute Gasteiger partial charge is 0.477 e. The summed E-state index contributed by atoms with van der Waals surface area (Å²) in [4.78, 5) is 47.5. The predicted molar refractivity (Wildman–Crippen MR) is 195 cm³/mol. The van der Waals surface area contributed by atoms with Gasteiger partial charge in [0.25, 0.3) is 5.91 Å². The molecule has 1 N–H and O–H groups in total. The van der Waals surface area contributed by atoms with Gasteiger partial charge in [0.1, 0.15) is 23.8 Å². The highest BCUT2D eigenvalue weighted by Crippen LogP contribution is 2.42. The average Bonchev–Trinajstić information content (AvgIpc) is 3.58. The Hall–Kier alpha value is -4.40. The first-order valence-electron chi connectivity index (χ1n) is 17.5. The lowest BCUT2D eigenvalue weighted by atomic mass is 9.85. The maximum absolute atomic E-state index is 15.3. The van der Waals surface area contributed by atoms with E-state index in [2.05, 4.69) is 10.3 Å². The van der Waals surface area contributed by atoms with Gasteiger partial charge in [-0.1, -0.05) is 20.8 Å². The molecule has 2 aromatic rings. The molecule has 54 heavy (non-hydrogen) atoms. The van der Waals surface area contributed by atoms with Crippen molar-refractivity contribution < 1.29 is 46.2 Å². The molecule has 0 radical (unpaired) electrons. The Morgan fingerprint density at radius 1 is 1.15 bits per heavy atom. The van der Waals surface area contributed by atoms with Crippen molar-refractivity contribution in [1.29, 1.82) is 5.26 Å². The lowest BCUT2D eigenvalue weighted by Crippen LogP contribution is -2.56. The van der Waals surface area contributed by atoms with Crippen LogP contribution in [0.2, 0.25) is 0 Å². The molecular formula is C37H46F4N6O6S. The molecule has 0 spiro atoms. The molecule has 2 aliphatic rings. The third kappa shape index (κ3) is 9.27. The molecule has 0 saturated carbocycles. The normalized spacial score (nSPS) is 17.9. The van der Waals surface area contributed by atoms with E-state index in [1.165, 1.54) is 31.0 Å². The van der Waals surface area contributed by atoms with Gasteiger partial charge in [-0.05, 0) is 76.4 Å². The summed E-state index contributed by atoms with van der Waals surface area (Å²) < 4.78 is 73.2. The van der Waals surface area contributed by atoms with Gasteiger partial charge in [0.05, 0.1) is 49.0 Å². The number of amides is 3. The van der Waals surface area contributed by atoms with Gasteiger partial charge in [0.15, 0.2) is 10.9 Å². The van der Waals surface area contributed by atoms with Crippen LogP contribution in [0.5, 0.6) is 5.88 Å². The first-order valence-corrected chi connectivity index (χ1v) is 18.0. The highest BCUT2D eigenvalue weighted by atomic mass is 32.1. The molecule has 2 atom stereocenters. The average molecular weight is 779 g/mol. The fourth-order valence-electron chi connectivity index (χ4n) is 6.36. The molecule has 17 heteroatoms. The van der Waals surface area contributed by atoms with Crippen molar-refractivity contribution in [1.82, 2.24) is 15.2 Å². The molecule has 0 bridgehead atoms. The third-order valence-electron chi connectivity index (χ3n) is 9.24. The van der Waals surface area contributed by atoms with Crippen LogP contribution in [0.3, 0.4) is 0 Å². The second kappa shape index (κ2) is 17.0. The second-order valence-electron chi connectivity index (χ2n) is 14.8. The fourth-order valence-corrected chi connectivity index (χ4v) is 6.88. The minimum absolute atomic E-state index is 0.0808. The van der Waals surface area contributed by atoms with E-state index in [1.807, 2.05) is 32.6 Å². The number of alkyl halides is 3. The summed E-state index contributed by atoms with van der Waals surface area (Å²) in [6.07, 6.45) is -1.40. The Morgan fingerprint density at radius 3 is 2.43 bits per heavy atom. The molecule has 2 saturated heterocycles. The molecule has 1 aromatic carbocycles. The van der Waals surface area contributed by atoms with Crippen LogP contribution in [0.1, 0.15) is 77.5 Å². The summed E-state index contributed by atoms with van der Waals surface area (Å²) in [7, 11) is 0. The van der Waals surface area contributed by atoms with Crippen molar-refractivity contribution in [2.45, 2.75) is 91.5 Å². The van der Waals surface area contributed by atoms with E-state index in [0.29, 0.717) is 41.6 Å². The van der Waals surface area contributed by atoms with Gasteiger partial charge in [0, 0.05) is 31.2 Å². The number of carbonyl (C=O) groups is 3. The summed E-state index contributed by atoms with van der Waals surface area (Å²) in [5.41, 5.74) is -4.43. The molecule has 294 valence electrons. The van der Waals surface area contributed by atoms with Crippen molar-refractivity contribution in [2.24, 2.45) is 5.41 Å². The quantitative estimate of drug-likeness (QED) is 0.145. The number of anilines is 2. The molecule has 2 aliphatic heterocycles. The van der Waals surface area contributed by atoms with Crippen LogP contribution in [0.4, 0.5) is 28.9 Å². The van der Waals surface area contributed by atoms with Crippen LogP contribution >= 0.6 is 12.2 Å². The zero-order chi connectivity index (χ0) is 40.2. The summed E-state index contributed by atoms with van der Waals surface area (Å²) in [6.45, 7) is 13.9. The van der Waals surface area contributed by atoms with Crippen LogP contribution in [-0.2, 0) is 30.0 Å². The molecule has 3 amide bonds. The number of nitriles is 1. The van der Waals surface area contributed by atoms with Gasteiger partial charge in [-0.2, -0.15) is 18.4 Å². The molecule has 2 unspecified atom stereocenters. The Bertz CT molecular complexity index is 1790. The number of aryl methyl sites for hydroxylation is 1. The third-order valence-corrected chi connectivity index (χ3v) is 9.60. The van der Waals surface area contributed by atoms with Gasteiger partial charge >= 0.3 is 6.18 Å². The summed E-state index contributed by atoms with van der Waals surface area (Å²) in [6, 6.07) is 4.18. The number of nitrogens with zero attached hydrogens (tertiary/aromatic N) is 5. The minimum Gasteiger partial charge on any atom is -0.477 e. The predicted octanol–water partition coefficient (Wildman–Crippen LogP) is 5.68. The Labute approximate surface area is 317 Å². The van der Waals surface area contributed by atoms with E-state index < -0.39 is 51.7 Å². The Morgan fingerprint density at radius 2 is 1.83 bits per heavy atom. The molecule has 2 fully saturated rings. The number of nitrogens with one attached hydrogen (secondary N) is 1. The van der Waals surface area contributed by atoms with E-state index in [9.17, 15) is 27.6 Å². The highest BCUT2D eigenvalue weighted by molar-refractivity contribution is 7.81. The zero-order valence-electron chi connectivity index (χ0n) is 31.4. The molecule has 4 rings (SSSR count). The van der Waals surface area contributed by atoms with Crippen LogP contribution in [0, 0.1) is 29.5 Å². The molecule has 0 aliphatic carbocycles. The maximum Gasteiger partial charge on any atom is 0.420 e. The number of rotatable bonds is 14. The Kier molecular flexibility index (Phi) is 13.3. The number of hydrogen-bond acceptors (Lipinski definition) is 9. The smallest absolute Gasteiger partial charge is 0.420 e. The molecule has 3 heterocycles. The minimum atomic E-state index is -5.19. The number of hydrogen-bond donors (Lipinski definition) is 1. The van der Waals surface area contributed by atoms with Crippen molar-refractivity contribution in [3.8, 4) is 11.9 Å². The van der Waals surface area contributed by atoms with Crippen LogP contribution < -0.4 is 19.9 Å². The fraction of sp³-hybridized carbons (Fsp3) is 0.568. The SMILES string of the molecule is Cc1cc(N2C(=S)N(c3ccc(C#N)c(C(F)(F)F)c3F)C(=O)C2(C)C)cnc1OCCCOCCOCC(=O)NC(C(=O)N1CCCC1C)C(C)(C)C. The van der Waals surface area contributed by atoms with Gasteiger partial charge in [0.2, 0.25) is 17.7 Å². The Balaban J connectivity index is 1.24. The van der Waals surface area contributed by atoms with E-state index in [-0.39, 0.29) is 49.4 Å². The van der Waals surface area contributed by atoms with Crippen molar-refractivity contribution >= 4 is 46.4 Å². The van der Waals surface area contributed by atoms with Crippen molar-refractivity contribution in [2.75, 3.05) is 49.4 Å². The first-order chi connectivity index (χ1) is 25.2. The molecular weight excluding hydrogens is 733 g/mol. The molecule has 12 nitrogen and oxygen atoms in total.